The Morgan fingerprint density at radius 3 is 2.29 bits per heavy atom. The summed E-state index contributed by atoms with van der Waals surface area (Å²) in [4.78, 5) is 12.9. The Morgan fingerprint density at radius 1 is 1.43 bits per heavy atom. The van der Waals surface area contributed by atoms with E-state index in [9.17, 15) is 4.79 Å². The molecule has 0 aromatic rings. The van der Waals surface area contributed by atoms with E-state index in [1.807, 2.05) is 13.0 Å². The summed E-state index contributed by atoms with van der Waals surface area (Å²) in [6.45, 7) is 10.1. The molecule has 80 valence electrons. The van der Waals surface area contributed by atoms with E-state index in [1.54, 1.807) is 25.1 Å². The van der Waals surface area contributed by atoms with Crippen molar-refractivity contribution in [2.24, 2.45) is 5.41 Å². The van der Waals surface area contributed by atoms with Crippen LogP contribution in [-0.4, -0.2) is 24.9 Å². The molecule has 0 aliphatic heterocycles. The van der Waals surface area contributed by atoms with Crippen molar-refractivity contribution in [1.82, 2.24) is 4.90 Å². The van der Waals surface area contributed by atoms with E-state index in [0.717, 1.165) is 12.0 Å². The number of nitrogens with zero attached hydrogens (tertiary/aromatic N) is 1. The summed E-state index contributed by atoms with van der Waals surface area (Å²) >= 11 is 0. The van der Waals surface area contributed by atoms with Gasteiger partial charge >= 0.3 is 0 Å². The molecular weight excluding hydrogens is 174 g/mol. The van der Waals surface area contributed by atoms with Gasteiger partial charge in [-0.2, -0.15) is 0 Å². The van der Waals surface area contributed by atoms with Gasteiger partial charge < -0.3 is 4.90 Å². The van der Waals surface area contributed by atoms with Gasteiger partial charge in [0.15, 0.2) is 0 Å². The number of hydrogen-bond donors (Lipinski definition) is 0. The summed E-state index contributed by atoms with van der Waals surface area (Å²) in [5, 5.41) is 0. The largest absolute Gasteiger partial charge is 0.345 e. The van der Waals surface area contributed by atoms with Gasteiger partial charge in [-0.05, 0) is 24.8 Å². The van der Waals surface area contributed by atoms with E-state index in [1.165, 1.54) is 0 Å². The maximum Gasteiger partial charge on any atom is 0.245 e. The lowest BCUT2D eigenvalue weighted by Crippen LogP contribution is -2.20. The Morgan fingerprint density at radius 2 is 1.93 bits per heavy atom. The van der Waals surface area contributed by atoms with Gasteiger partial charge in [0.05, 0.1) is 0 Å². The summed E-state index contributed by atoms with van der Waals surface area (Å²) < 4.78 is 0. The maximum atomic E-state index is 11.3. The molecule has 0 aliphatic rings. The normalized spacial score (nSPS) is 11.8. The van der Waals surface area contributed by atoms with Crippen LogP contribution in [0.4, 0.5) is 0 Å². The lowest BCUT2D eigenvalue weighted by atomic mass is 9.86. The first kappa shape index (κ1) is 12.9. The number of amides is 1. The molecule has 0 unspecified atom stereocenters. The fraction of sp³-hybridized carbons (Fsp3) is 0.583. The molecule has 0 saturated heterocycles. The lowest BCUT2D eigenvalue weighted by Gasteiger charge is -2.20. The summed E-state index contributed by atoms with van der Waals surface area (Å²) in [7, 11) is 3.50. The Hall–Kier alpha value is -1.05. The van der Waals surface area contributed by atoms with Crippen molar-refractivity contribution in [2.45, 2.75) is 27.2 Å². The third-order valence-corrected chi connectivity index (χ3v) is 1.88. The Kier molecular flexibility index (Phi) is 4.61. The molecular formula is C12H21NO. The van der Waals surface area contributed by atoms with Gasteiger partial charge in [0, 0.05) is 14.1 Å². The van der Waals surface area contributed by atoms with Crippen LogP contribution in [0.2, 0.25) is 0 Å². The van der Waals surface area contributed by atoms with Crippen molar-refractivity contribution < 1.29 is 4.79 Å². The maximum absolute atomic E-state index is 11.3. The third kappa shape index (κ3) is 5.57. The second-order valence-corrected chi connectivity index (χ2v) is 4.69. The average molecular weight is 195 g/mol. The van der Waals surface area contributed by atoms with Crippen molar-refractivity contribution in [3.63, 3.8) is 0 Å². The zero-order valence-electron chi connectivity index (χ0n) is 9.92. The highest BCUT2D eigenvalue weighted by Gasteiger charge is 2.14. The van der Waals surface area contributed by atoms with E-state index in [4.69, 9.17) is 0 Å². The third-order valence-electron chi connectivity index (χ3n) is 1.88. The molecule has 0 heterocycles. The average Bonchev–Trinajstić information content (AvgIpc) is 1.97. The van der Waals surface area contributed by atoms with Crippen molar-refractivity contribution in [2.75, 3.05) is 14.1 Å². The molecule has 0 bridgehead atoms. The van der Waals surface area contributed by atoms with Gasteiger partial charge in [-0.1, -0.05) is 25.5 Å². The number of carbonyl (C=O) groups excluding carboxylic acids is 1. The molecule has 0 spiro atoms. The highest BCUT2D eigenvalue weighted by atomic mass is 16.2. The number of hydrogen-bond acceptors (Lipinski definition) is 1. The first-order valence-corrected chi connectivity index (χ1v) is 4.79. The minimum Gasteiger partial charge on any atom is -0.345 e. The van der Waals surface area contributed by atoms with Crippen LogP contribution in [-0.2, 0) is 4.79 Å². The van der Waals surface area contributed by atoms with Crippen molar-refractivity contribution in [3.8, 4) is 0 Å². The molecule has 0 aromatic carbocycles. The first-order chi connectivity index (χ1) is 6.24. The second-order valence-electron chi connectivity index (χ2n) is 4.69. The molecule has 0 fully saturated rings. The zero-order valence-corrected chi connectivity index (χ0v) is 9.92. The van der Waals surface area contributed by atoms with Crippen LogP contribution in [0.5, 0.6) is 0 Å². The topological polar surface area (TPSA) is 20.3 Å². The van der Waals surface area contributed by atoms with E-state index in [-0.39, 0.29) is 11.3 Å². The Bertz CT molecular complexity index is 249. The minimum absolute atomic E-state index is 0.0114. The van der Waals surface area contributed by atoms with Crippen molar-refractivity contribution in [3.05, 3.63) is 24.3 Å². The minimum atomic E-state index is 0.0114. The van der Waals surface area contributed by atoms with E-state index < -0.39 is 0 Å². The number of allylic oxidation sites excluding steroid dienone is 2. The van der Waals surface area contributed by atoms with E-state index in [2.05, 4.69) is 20.4 Å². The van der Waals surface area contributed by atoms with Crippen LogP contribution in [0.1, 0.15) is 27.2 Å². The van der Waals surface area contributed by atoms with Gasteiger partial charge in [0.25, 0.3) is 0 Å². The standard InChI is InChI=1S/C12H21NO/c1-10(2)9-12(3,4)8-7-11(14)13(5)6/h7-8H,1,9H2,2-6H3/b8-7+. The van der Waals surface area contributed by atoms with E-state index >= 15 is 0 Å². The van der Waals surface area contributed by atoms with Crippen molar-refractivity contribution >= 4 is 5.91 Å². The molecule has 2 nitrogen and oxygen atoms in total. The summed E-state index contributed by atoms with van der Waals surface area (Å²) in [6.07, 6.45) is 4.48. The monoisotopic (exact) mass is 195 g/mol. The van der Waals surface area contributed by atoms with Crippen LogP contribution < -0.4 is 0 Å². The fourth-order valence-electron chi connectivity index (χ4n) is 1.28. The van der Waals surface area contributed by atoms with Gasteiger partial charge in [-0.3, -0.25) is 4.79 Å². The van der Waals surface area contributed by atoms with Gasteiger partial charge in [-0.15, -0.1) is 6.58 Å². The van der Waals surface area contributed by atoms with Gasteiger partial charge in [0.2, 0.25) is 5.91 Å². The van der Waals surface area contributed by atoms with Gasteiger partial charge in [-0.25, -0.2) is 0 Å². The zero-order chi connectivity index (χ0) is 11.4. The summed E-state index contributed by atoms with van der Waals surface area (Å²) in [5.74, 6) is 0.0276. The number of carbonyl (C=O) groups is 1. The highest BCUT2D eigenvalue weighted by molar-refractivity contribution is 5.87. The second kappa shape index (κ2) is 4.99. The summed E-state index contributed by atoms with van der Waals surface area (Å²) in [6, 6.07) is 0. The molecule has 0 rings (SSSR count). The number of rotatable bonds is 4. The lowest BCUT2D eigenvalue weighted by molar-refractivity contribution is -0.123. The van der Waals surface area contributed by atoms with Crippen LogP contribution in [0.3, 0.4) is 0 Å². The predicted molar refractivity (Wildman–Crippen MR) is 61.0 cm³/mol. The molecule has 0 aromatic heterocycles. The Labute approximate surface area is 87.3 Å². The molecule has 0 atom stereocenters. The Balaban J connectivity index is 4.34. The molecule has 2 heteroatoms. The van der Waals surface area contributed by atoms with Crippen LogP contribution in [0.25, 0.3) is 0 Å². The van der Waals surface area contributed by atoms with Crippen molar-refractivity contribution in [1.29, 1.82) is 0 Å². The molecule has 0 saturated carbocycles. The molecule has 1 amide bonds. The van der Waals surface area contributed by atoms with Crippen LogP contribution in [0.15, 0.2) is 24.3 Å². The predicted octanol–water partition coefficient (Wildman–Crippen LogP) is 2.62. The molecule has 0 radical (unpaired) electrons. The SMILES string of the molecule is C=C(C)CC(C)(C)/C=C/C(=O)N(C)C. The first-order valence-electron chi connectivity index (χ1n) is 4.79. The smallest absolute Gasteiger partial charge is 0.245 e. The number of likely N-dealkylation sites (N-methyl/N-ethyl adjacent to an activating group) is 1. The van der Waals surface area contributed by atoms with Gasteiger partial charge in [0.1, 0.15) is 0 Å². The van der Waals surface area contributed by atoms with E-state index in [0.29, 0.717) is 0 Å². The van der Waals surface area contributed by atoms with Crippen LogP contribution in [0, 0.1) is 5.41 Å². The fourth-order valence-corrected chi connectivity index (χ4v) is 1.28. The molecule has 0 N–H and O–H groups in total. The molecule has 14 heavy (non-hydrogen) atoms. The highest BCUT2D eigenvalue weighted by Crippen LogP contribution is 2.25. The molecule has 0 aliphatic carbocycles. The summed E-state index contributed by atoms with van der Waals surface area (Å²) in [5.41, 5.74) is 1.15. The quantitative estimate of drug-likeness (QED) is 0.499. The van der Waals surface area contributed by atoms with Crippen LogP contribution >= 0.6 is 0 Å².